The van der Waals surface area contributed by atoms with Gasteiger partial charge in [-0.15, -0.1) is 0 Å². The highest BCUT2D eigenvalue weighted by atomic mass is 32.2. The Bertz CT molecular complexity index is 1180. The molecule has 1 fully saturated rings. The molecule has 2 aromatic heterocycles. The van der Waals surface area contributed by atoms with E-state index in [4.69, 9.17) is 0 Å². The number of fused-ring (bicyclic) bond motifs is 2. The molecule has 0 amide bonds. The fourth-order valence-corrected chi connectivity index (χ4v) is 4.92. The summed E-state index contributed by atoms with van der Waals surface area (Å²) < 4.78 is 3.23. The number of nitrogens with zero attached hydrogens (tertiary/aromatic N) is 5. The second-order valence-corrected chi connectivity index (χ2v) is 8.61. The van der Waals surface area contributed by atoms with Gasteiger partial charge in [-0.25, -0.2) is 9.67 Å². The third-order valence-electron chi connectivity index (χ3n) is 5.54. The molecule has 4 heterocycles. The van der Waals surface area contributed by atoms with Gasteiger partial charge < -0.3 is 4.90 Å². The smallest absolute Gasteiger partial charge is 0.267 e. The van der Waals surface area contributed by atoms with Gasteiger partial charge in [0, 0.05) is 44.3 Å². The predicted octanol–water partition coefficient (Wildman–Crippen LogP) is 1.42. The van der Waals surface area contributed by atoms with Gasteiger partial charge >= 0.3 is 0 Å². The quantitative estimate of drug-likeness (QED) is 0.668. The van der Waals surface area contributed by atoms with Crippen LogP contribution in [0.2, 0.25) is 0 Å². The van der Waals surface area contributed by atoms with Crippen molar-refractivity contribution in [1.29, 1.82) is 0 Å². The first-order chi connectivity index (χ1) is 13.6. The van der Waals surface area contributed by atoms with Crippen molar-refractivity contribution in [2.75, 3.05) is 23.7 Å². The van der Waals surface area contributed by atoms with Crippen LogP contribution in [0.1, 0.15) is 11.3 Å². The van der Waals surface area contributed by atoms with Crippen molar-refractivity contribution >= 4 is 28.6 Å². The lowest BCUT2D eigenvalue weighted by Crippen LogP contribution is -2.51. The number of thioether (sulfide) groups is 1. The molecule has 8 heteroatoms. The Kier molecular flexibility index (Phi) is 4.23. The van der Waals surface area contributed by atoms with Crippen LogP contribution in [0.3, 0.4) is 0 Å². The summed E-state index contributed by atoms with van der Waals surface area (Å²) in [7, 11) is 1.76. The second-order valence-electron chi connectivity index (χ2n) is 7.50. The molecule has 0 bridgehead atoms. The minimum atomic E-state index is -0.0329. The van der Waals surface area contributed by atoms with Crippen molar-refractivity contribution in [3.63, 3.8) is 0 Å². The van der Waals surface area contributed by atoms with Crippen molar-refractivity contribution < 1.29 is 0 Å². The number of hydrogen-bond acceptors (Lipinski definition) is 6. The van der Waals surface area contributed by atoms with E-state index in [9.17, 15) is 9.59 Å². The zero-order valence-electron chi connectivity index (χ0n) is 15.7. The summed E-state index contributed by atoms with van der Waals surface area (Å²) in [5, 5.41) is 5.24. The topological polar surface area (TPSA) is 73.0 Å². The zero-order valence-corrected chi connectivity index (χ0v) is 16.5. The van der Waals surface area contributed by atoms with E-state index in [1.807, 2.05) is 30.0 Å². The first-order valence-corrected chi connectivity index (χ1v) is 10.6. The normalized spacial score (nSPS) is 16.8. The number of rotatable bonds is 3. The van der Waals surface area contributed by atoms with E-state index in [2.05, 4.69) is 15.0 Å². The number of aromatic nitrogens is 4. The Morgan fingerprint density at radius 1 is 1.21 bits per heavy atom. The Hall–Kier alpha value is -2.61. The van der Waals surface area contributed by atoms with E-state index in [1.54, 1.807) is 28.4 Å². The third kappa shape index (κ3) is 2.92. The first kappa shape index (κ1) is 17.5. The van der Waals surface area contributed by atoms with E-state index in [0.717, 1.165) is 47.8 Å². The maximum Gasteiger partial charge on any atom is 0.267 e. The Labute approximate surface area is 166 Å². The van der Waals surface area contributed by atoms with Gasteiger partial charge in [-0.2, -0.15) is 16.9 Å². The Balaban J connectivity index is 1.35. The molecule has 28 heavy (non-hydrogen) atoms. The molecule has 3 aromatic rings. The second kappa shape index (κ2) is 6.77. The molecular formula is C20H21N5O2S. The van der Waals surface area contributed by atoms with Crippen molar-refractivity contribution in [3.8, 4) is 0 Å². The van der Waals surface area contributed by atoms with Crippen LogP contribution in [0.4, 0.5) is 5.95 Å². The van der Waals surface area contributed by atoms with Crippen LogP contribution in [0.25, 0.3) is 10.9 Å². The van der Waals surface area contributed by atoms with Gasteiger partial charge in [0.2, 0.25) is 5.95 Å². The van der Waals surface area contributed by atoms with Gasteiger partial charge in [-0.1, -0.05) is 12.1 Å². The van der Waals surface area contributed by atoms with E-state index in [1.165, 1.54) is 0 Å². The SMILES string of the molecule is Cn1c(N2CC(Cn3nc4c(cc3=O)CSCC4)C2)nc2ccccc2c1=O. The molecule has 1 saturated heterocycles. The van der Waals surface area contributed by atoms with Gasteiger partial charge in [0.05, 0.1) is 23.1 Å². The average Bonchev–Trinajstić information content (AvgIpc) is 2.68. The number of benzene rings is 1. The van der Waals surface area contributed by atoms with Crippen LogP contribution >= 0.6 is 11.8 Å². The standard InChI is InChI=1S/C20H21N5O2S/c1-23-19(27)15-4-2-3-5-17(15)21-20(23)24-9-13(10-24)11-25-18(26)8-14-12-28-7-6-16(14)22-25/h2-5,8,13H,6-7,9-12H2,1H3. The molecule has 5 rings (SSSR count). The fourth-order valence-electron chi connectivity index (χ4n) is 3.97. The van der Waals surface area contributed by atoms with E-state index in [-0.39, 0.29) is 11.1 Å². The fraction of sp³-hybridized carbons (Fsp3) is 0.400. The number of aryl methyl sites for hydroxylation is 1. The molecule has 0 saturated carbocycles. The van der Waals surface area contributed by atoms with Crippen LogP contribution in [0.15, 0.2) is 39.9 Å². The summed E-state index contributed by atoms with van der Waals surface area (Å²) in [5.74, 6) is 2.96. The number of para-hydroxylation sites is 1. The summed E-state index contributed by atoms with van der Waals surface area (Å²) >= 11 is 1.85. The van der Waals surface area contributed by atoms with E-state index in [0.29, 0.717) is 23.8 Å². The lowest BCUT2D eigenvalue weighted by molar-refractivity contribution is 0.326. The summed E-state index contributed by atoms with van der Waals surface area (Å²) in [6, 6.07) is 9.17. The van der Waals surface area contributed by atoms with Gasteiger partial charge in [0.1, 0.15) is 0 Å². The molecule has 0 atom stereocenters. The first-order valence-electron chi connectivity index (χ1n) is 9.48. The van der Waals surface area contributed by atoms with Crippen molar-refractivity contribution in [3.05, 3.63) is 62.3 Å². The molecule has 2 aliphatic rings. The predicted molar refractivity (Wildman–Crippen MR) is 111 cm³/mol. The highest BCUT2D eigenvalue weighted by molar-refractivity contribution is 7.98. The van der Waals surface area contributed by atoms with Crippen LogP contribution in [0, 0.1) is 5.92 Å². The minimum absolute atomic E-state index is 0.0177. The van der Waals surface area contributed by atoms with Crippen molar-refractivity contribution in [1.82, 2.24) is 19.3 Å². The van der Waals surface area contributed by atoms with Crippen molar-refractivity contribution in [2.45, 2.75) is 18.7 Å². The minimum Gasteiger partial charge on any atom is -0.341 e. The molecule has 0 spiro atoms. The van der Waals surface area contributed by atoms with Crippen LogP contribution in [-0.2, 0) is 25.8 Å². The summed E-state index contributed by atoms with van der Waals surface area (Å²) in [6.45, 7) is 2.14. The lowest BCUT2D eigenvalue weighted by Gasteiger charge is -2.40. The molecule has 2 aliphatic heterocycles. The highest BCUT2D eigenvalue weighted by Gasteiger charge is 2.31. The summed E-state index contributed by atoms with van der Waals surface area (Å²) in [4.78, 5) is 31.7. The lowest BCUT2D eigenvalue weighted by atomic mass is 10.0. The Morgan fingerprint density at radius 2 is 2.04 bits per heavy atom. The van der Waals surface area contributed by atoms with Gasteiger partial charge in [0.15, 0.2) is 0 Å². The number of anilines is 1. The van der Waals surface area contributed by atoms with Gasteiger partial charge in [-0.05, 0) is 23.4 Å². The molecule has 144 valence electrons. The number of hydrogen-bond donors (Lipinski definition) is 0. The molecule has 1 aromatic carbocycles. The highest BCUT2D eigenvalue weighted by Crippen LogP contribution is 2.25. The van der Waals surface area contributed by atoms with Crippen LogP contribution in [0.5, 0.6) is 0 Å². The van der Waals surface area contributed by atoms with Crippen LogP contribution < -0.4 is 16.0 Å². The van der Waals surface area contributed by atoms with Crippen molar-refractivity contribution in [2.24, 2.45) is 13.0 Å². The van der Waals surface area contributed by atoms with Gasteiger partial charge in [0.25, 0.3) is 11.1 Å². The molecule has 0 unspecified atom stereocenters. The van der Waals surface area contributed by atoms with Gasteiger partial charge in [-0.3, -0.25) is 14.2 Å². The van der Waals surface area contributed by atoms with E-state index >= 15 is 0 Å². The maximum atomic E-state index is 12.6. The maximum absolute atomic E-state index is 12.6. The largest absolute Gasteiger partial charge is 0.341 e. The average molecular weight is 395 g/mol. The Morgan fingerprint density at radius 3 is 2.89 bits per heavy atom. The van der Waals surface area contributed by atoms with E-state index < -0.39 is 0 Å². The molecule has 0 radical (unpaired) electrons. The molecular weight excluding hydrogens is 374 g/mol. The third-order valence-corrected chi connectivity index (χ3v) is 6.54. The van der Waals surface area contributed by atoms with Crippen LogP contribution in [-0.4, -0.2) is 38.2 Å². The molecule has 0 N–H and O–H groups in total. The zero-order chi connectivity index (χ0) is 19.3. The summed E-state index contributed by atoms with van der Waals surface area (Å²) in [6.07, 6.45) is 0.931. The molecule has 0 aliphatic carbocycles. The monoisotopic (exact) mass is 395 g/mol. The summed E-state index contributed by atoms with van der Waals surface area (Å²) in [5.41, 5.74) is 2.82. The molecule has 7 nitrogen and oxygen atoms in total.